The average molecular weight is 164 g/mol. The van der Waals surface area contributed by atoms with E-state index in [-0.39, 0.29) is 0 Å². The second-order valence-corrected chi connectivity index (χ2v) is 2.99. The molecule has 0 radical (unpaired) electrons. The van der Waals surface area contributed by atoms with Gasteiger partial charge in [0.25, 0.3) is 0 Å². The molecule has 1 aromatic rings. The zero-order valence-corrected chi connectivity index (χ0v) is 6.83. The lowest BCUT2D eigenvalue weighted by atomic mass is 10.4. The number of anilines is 1. The van der Waals surface area contributed by atoms with Gasteiger partial charge in [-0.05, 0) is 18.9 Å². The number of nitrogens with zero attached hydrogens (tertiary/aromatic N) is 2. The Balaban J connectivity index is 2.08. The van der Waals surface area contributed by atoms with Gasteiger partial charge in [0.2, 0.25) is 5.95 Å². The van der Waals surface area contributed by atoms with Gasteiger partial charge in [-0.25, -0.2) is 9.97 Å². The molecule has 0 bridgehead atoms. The maximum Gasteiger partial charge on any atom is 0.223 e. The van der Waals surface area contributed by atoms with Crippen LogP contribution in [0.1, 0.15) is 18.5 Å². The van der Waals surface area contributed by atoms with Crippen LogP contribution < -0.4 is 11.1 Å². The zero-order valence-electron chi connectivity index (χ0n) is 6.83. The topological polar surface area (TPSA) is 63.8 Å². The van der Waals surface area contributed by atoms with Crippen LogP contribution in [0.2, 0.25) is 0 Å². The van der Waals surface area contributed by atoms with Crippen LogP contribution in [0.15, 0.2) is 12.3 Å². The fourth-order valence-corrected chi connectivity index (χ4v) is 0.990. The van der Waals surface area contributed by atoms with Crippen molar-refractivity contribution in [1.82, 2.24) is 9.97 Å². The minimum Gasteiger partial charge on any atom is -0.351 e. The van der Waals surface area contributed by atoms with Crippen LogP contribution in [0.3, 0.4) is 0 Å². The van der Waals surface area contributed by atoms with E-state index in [1.165, 1.54) is 12.8 Å². The number of nitrogens with two attached hydrogens (primary N) is 1. The number of hydrogen-bond donors (Lipinski definition) is 2. The quantitative estimate of drug-likeness (QED) is 0.683. The molecule has 1 heterocycles. The predicted molar refractivity (Wildman–Crippen MR) is 46.6 cm³/mol. The third kappa shape index (κ3) is 1.71. The highest BCUT2D eigenvalue weighted by Crippen LogP contribution is 2.22. The van der Waals surface area contributed by atoms with Gasteiger partial charge in [0.1, 0.15) is 0 Å². The Morgan fingerprint density at radius 1 is 1.58 bits per heavy atom. The first-order valence-electron chi connectivity index (χ1n) is 4.17. The molecule has 1 aliphatic rings. The SMILES string of the molecule is NCc1ccnc(NC2CC2)n1. The minimum atomic E-state index is 0.474. The monoisotopic (exact) mass is 164 g/mol. The third-order valence-corrected chi connectivity index (χ3v) is 1.83. The summed E-state index contributed by atoms with van der Waals surface area (Å²) in [6, 6.07) is 2.43. The molecule has 3 N–H and O–H groups in total. The second kappa shape index (κ2) is 3.06. The highest BCUT2D eigenvalue weighted by atomic mass is 15.1. The molecule has 0 atom stereocenters. The van der Waals surface area contributed by atoms with Gasteiger partial charge in [-0.1, -0.05) is 0 Å². The molecule has 0 aromatic carbocycles. The van der Waals surface area contributed by atoms with Crippen LogP contribution in [-0.4, -0.2) is 16.0 Å². The lowest BCUT2D eigenvalue weighted by molar-refractivity contribution is 0.949. The van der Waals surface area contributed by atoms with Crippen LogP contribution in [0, 0.1) is 0 Å². The van der Waals surface area contributed by atoms with Crippen molar-refractivity contribution in [2.45, 2.75) is 25.4 Å². The molecule has 1 aromatic heterocycles. The van der Waals surface area contributed by atoms with E-state index in [0.29, 0.717) is 18.5 Å². The fraction of sp³-hybridized carbons (Fsp3) is 0.500. The highest BCUT2D eigenvalue weighted by molar-refractivity contribution is 5.28. The molecular formula is C8H12N4. The van der Waals surface area contributed by atoms with Gasteiger partial charge < -0.3 is 11.1 Å². The Kier molecular flexibility index (Phi) is 1.91. The van der Waals surface area contributed by atoms with E-state index < -0.39 is 0 Å². The van der Waals surface area contributed by atoms with E-state index in [9.17, 15) is 0 Å². The summed E-state index contributed by atoms with van der Waals surface area (Å²) in [5.74, 6) is 0.709. The Morgan fingerprint density at radius 2 is 2.42 bits per heavy atom. The first kappa shape index (κ1) is 7.49. The van der Waals surface area contributed by atoms with Crippen molar-refractivity contribution in [1.29, 1.82) is 0 Å². The molecule has 1 saturated carbocycles. The molecule has 4 nitrogen and oxygen atoms in total. The Labute approximate surface area is 71.2 Å². The standard InChI is InChI=1S/C8H12N4/c9-5-7-3-4-10-8(12-7)11-6-1-2-6/h3-4,6H,1-2,5,9H2,(H,10,11,12). The van der Waals surface area contributed by atoms with E-state index in [2.05, 4.69) is 15.3 Å². The van der Waals surface area contributed by atoms with Crippen molar-refractivity contribution in [2.24, 2.45) is 5.73 Å². The molecule has 0 unspecified atom stereocenters. The molecule has 1 aliphatic carbocycles. The normalized spacial score (nSPS) is 16.1. The molecule has 0 amide bonds. The summed E-state index contributed by atoms with van der Waals surface area (Å²) in [7, 11) is 0. The Hall–Kier alpha value is -1.16. The van der Waals surface area contributed by atoms with E-state index >= 15 is 0 Å². The largest absolute Gasteiger partial charge is 0.351 e. The van der Waals surface area contributed by atoms with Gasteiger partial charge in [-0.2, -0.15) is 0 Å². The molecule has 64 valence electrons. The van der Waals surface area contributed by atoms with Gasteiger partial charge in [0, 0.05) is 18.8 Å². The van der Waals surface area contributed by atoms with Crippen molar-refractivity contribution >= 4 is 5.95 Å². The molecule has 4 heteroatoms. The first-order valence-corrected chi connectivity index (χ1v) is 4.17. The molecule has 1 fully saturated rings. The van der Waals surface area contributed by atoms with Crippen LogP contribution in [-0.2, 0) is 6.54 Å². The summed E-state index contributed by atoms with van der Waals surface area (Å²) in [5.41, 5.74) is 6.33. The Morgan fingerprint density at radius 3 is 3.08 bits per heavy atom. The van der Waals surface area contributed by atoms with Crippen LogP contribution in [0.4, 0.5) is 5.95 Å². The first-order chi connectivity index (χ1) is 5.88. The summed E-state index contributed by atoms with van der Waals surface area (Å²) >= 11 is 0. The highest BCUT2D eigenvalue weighted by Gasteiger charge is 2.21. The van der Waals surface area contributed by atoms with Gasteiger partial charge in [0.05, 0.1) is 5.69 Å². The Bertz CT molecular complexity index is 270. The zero-order chi connectivity index (χ0) is 8.39. The predicted octanol–water partition coefficient (Wildman–Crippen LogP) is 0.510. The van der Waals surface area contributed by atoms with Crippen LogP contribution in [0.5, 0.6) is 0 Å². The van der Waals surface area contributed by atoms with Crippen LogP contribution in [0.25, 0.3) is 0 Å². The van der Waals surface area contributed by atoms with Crippen molar-refractivity contribution in [2.75, 3.05) is 5.32 Å². The fourth-order valence-electron chi connectivity index (χ4n) is 0.990. The summed E-state index contributed by atoms with van der Waals surface area (Å²) in [4.78, 5) is 8.31. The summed E-state index contributed by atoms with van der Waals surface area (Å²) < 4.78 is 0. The van der Waals surface area contributed by atoms with E-state index in [4.69, 9.17) is 5.73 Å². The van der Waals surface area contributed by atoms with Crippen molar-refractivity contribution in [3.63, 3.8) is 0 Å². The molecule has 12 heavy (non-hydrogen) atoms. The van der Waals surface area contributed by atoms with Gasteiger partial charge >= 0.3 is 0 Å². The molecule has 0 saturated heterocycles. The summed E-state index contributed by atoms with van der Waals surface area (Å²) in [5, 5.41) is 3.21. The van der Waals surface area contributed by atoms with Gasteiger partial charge in [-0.15, -0.1) is 0 Å². The van der Waals surface area contributed by atoms with E-state index in [1.807, 2.05) is 6.07 Å². The van der Waals surface area contributed by atoms with Crippen LogP contribution >= 0.6 is 0 Å². The summed E-state index contributed by atoms with van der Waals surface area (Å²) in [6.45, 7) is 0.474. The van der Waals surface area contributed by atoms with Gasteiger partial charge in [-0.3, -0.25) is 0 Å². The molecule has 0 aliphatic heterocycles. The maximum absolute atomic E-state index is 5.45. The lowest BCUT2D eigenvalue weighted by Crippen LogP contribution is -2.08. The van der Waals surface area contributed by atoms with E-state index in [1.54, 1.807) is 6.20 Å². The lowest BCUT2D eigenvalue weighted by Gasteiger charge is -2.02. The minimum absolute atomic E-state index is 0.474. The molecular weight excluding hydrogens is 152 g/mol. The third-order valence-electron chi connectivity index (χ3n) is 1.83. The van der Waals surface area contributed by atoms with Crippen molar-refractivity contribution < 1.29 is 0 Å². The molecule has 0 spiro atoms. The smallest absolute Gasteiger partial charge is 0.223 e. The average Bonchev–Trinajstić information content (AvgIpc) is 2.89. The summed E-state index contributed by atoms with van der Waals surface area (Å²) in [6.07, 6.45) is 4.20. The molecule has 2 rings (SSSR count). The number of nitrogens with one attached hydrogen (secondary N) is 1. The van der Waals surface area contributed by atoms with Crippen molar-refractivity contribution in [3.8, 4) is 0 Å². The van der Waals surface area contributed by atoms with Crippen molar-refractivity contribution in [3.05, 3.63) is 18.0 Å². The number of rotatable bonds is 3. The number of hydrogen-bond acceptors (Lipinski definition) is 4. The maximum atomic E-state index is 5.45. The van der Waals surface area contributed by atoms with Gasteiger partial charge in [0.15, 0.2) is 0 Å². The van der Waals surface area contributed by atoms with E-state index in [0.717, 1.165) is 5.69 Å². The number of aromatic nitrogens is 2. The second-order valence-electron chi connectivity index (χ2n) is 2.99.